The Labute approximate surface area is 436 Å². The maximum absolute atomic E-state index is 5.34. The topological polar surface area (TPSA) is 36.8 Å². The fourth-order valence-electron chi connectivity index (χ4n) is 11.9. The van der Waals surface area contributed by atoms with Crippen molar-refractivity contribution in [1.82, 2.24) is 0 Å². The molecule has 10 aromatic rings. The maximum atomic E-state index is 5.34. The van der Waals surface area contributed by atoms with Gasteiger partial charge in [-0.25, -0.2) is 4.99 Å². The first-order chi connectivity index (χ1) is 36.7. The van der Waals surface area contributed by atoms with Gasteiger partial charge in [0, 0.05) is 34.9 Å². The third-order valence-electron chi connectivity index (χ3n) is 15.1. The number of allylic oxidation sites excluding steroid dienone is 4. The van der Waals surface area contributed by atoms with E-state index < -0.39 is 13.5 Å². The van der Waals surface area contributed by atoms with E-state index in [2.05, 4.69) is 297 Å². The molecule has 74 heavy (non-hydrogen) atoms. The van der Waals surface area contributed by atoms with Crippen molar-refractivity contribution >= 4 is 52.2 Å². The van der Waals surface area contributed by atoms with Crippen LogP contribution in [-0.2, 0) is 12.0 Å². The van der Waals surface area contributed by atoms with Crippen molar-refractivity contribution < 1.29 is 0 Å². The van der Waals surface area contributed by atoms with Crippen molar-refractivity contribution in [2.24, 2.45) is 15.9 Å². The minimum atomic E-state index is -2.76. The van der Waals surface area contributed by atoms with Crippen molar-refractivity contribution in [3.8, 4) is 11.1 Å². The Morgan fingerprint density at radius 3 is 1.62 bits per heavy atom. The summed E-state index contributed by atoms with van der Waals surface area (Å²) in [5.74, 6) is 0.986. The van der Waals surface area contributed by atoms with Crippen LogP contribution in [0.2, 0.25) is 0 Å². The van der Waals surface area contributed by atoms with E-state index in [4.69, 9.17) is 9.98 Å². The molecule has 0 radical (unpaired) electrons. The second kappa shape index (κ2) is 20.6. The number of aliphatic imine (C=N–C) groups is 2. The first-order valence-electron chi connectivity index (χ1n) is 25.7. The molecule has 0 saturated carbocycles. The Hall–Kier alpha value is -8.96. The van der Waals surface area contributed by atoms with Gasteiger partial charge in [-0.05, 0) is 71.8 Å². The number of nitrogens with one attached hydrogen (secondary N) is 1. The van der Waals surface area contributed by atoms with Gasteiger partial charge in [0.05, 0.1) is 17.6 Å². The molecular formula is C70H55N3Si. The Morgan fingerprint density at radius 1 is 0.486 bits per heavy atom. The molecule has 2 atom stereocenters. The minimum absolute atomic E-state index is 0.149. The van der Waals surface area contributed by atoms with Gasteiger partial charge in [-0.2, -0.15) is 0 Å². The molecule has 2 aliphatic rings. The molecule has 354 valence electrons. The van der Waals surface area contributed by atoms with Crippen molar-refractivity contribution in [3.63, 3.8) is 0 Å². The molecule has 3 nitrogen and oxygen atoms in total. The van der Waals surface area contributed by atoms with Crippen LogP contribution in [-0.4, -0.2) is 20.1 Å². The standard InChI is InChI=1S/C70H55N3Si/c1-8-26-52(27-9-1)50-71-69(72-51-53-28-24-43-62(48-53)74(59-37-16-5-17-38-59,60-39-18-6-19-40-60)61-41-20-7-21-42-61)55-31-25-36-58(49-55)73-68-63(54-29-10-2-11-30-54)46-47-65-64-44-22-23-45-66(64)70(67(65)68,56-32-12-3-13-33-56)57-34-14-4-15-35-57/h1-49,51,64,66,73H,50H2/b71-69-,72-51+. The average molecular weight is 966 g/mol. The van der Waals surface area contributed by atoms with Crippen molar-refractivity contribution in [3.05, 3.63) is 336 Å². The van der Waals surface area contributed by atoms with Crippen molar-refractivity contribution in [2.45, 2.75) is 17.9 Å². The number of fused-ring (bicyclic) bond motifs is 3. The molecule has 0 amide bonds. The lowest BCUT2D eigenvalue weighted by Gasteiger charge is -2.40. The molecule has 0 saturated heterocycles. The Morgan fingerprint density at radius 2 is 1.01 bits per heavy atom. The zero-order chi connectivity index (χ0) is 49.6. The average Bonchev–Trinajstić information content (AvgIpc) is 3.81. The van der Waals surface area contributed by atoms with Crippen molar-refractivity contribution in [2.75, 3.05) is 5.32 Å². The van der Waals surface area contributed by atoms with E-state index in [9.17, 15) is 0 Å². The number of amidine groups is 1. The van der Waals surface area contributed by atoms with Gasteiger partial charge in [0.25, 0.3) is 0 Å². The number of hydrogen-bond acceptors (Lipinski definition) is 2. The molecule has 0 aliphatic heterocycles. The minimum Gasteiger partial charge on any atom is -0.355 e. The van der Waals surface area contributed by atoms with Gasteiger partial charge in [0.1, 0.15) is 0 Å². The van der Waals surface area contributed by atoms with E-state index in [0.29, 0.717) is 12.4 Å². The Bertz CT molecular complexity index is 3510. The van der Waals surface area contributed by atoms with Gasteiger partial charge in [-0.1, -0.05) is 285 Å². The summed E-state index contributed by atoms with van der Waals surface area (Å²) in [6.07, 6.45) is 11.3. The van der Waals surface area contributed by atoms with Crippen LogP contribution in [0.1, 0.15) is 44.9 Å². The van der Waals surface area contributed by atoms with Crippen LogP contribution in [0, 0.1) is 5.92 Å². The Balaban J connectivity index is 0.999. The number of rotatable bonds is 13. The van der Waals surface area contributed by atoms with E-state index in [1.54, 1.807) is 0 Å². The highest BCUT2D eigenvalue weighted by Crippen LogP contribution is 2.62. The molecule has 12 rings (SSSR count). The zero-order valence-electron chi connectivity index (χ0n) is 41.1. The second-order valence-corrected chi connectivity index (χ2v) is 23.1. The number of benzene rings is 10. The highest BCUT2D eigenvalue weighted by atomic mass is 28.3. The third kappa shape index (κ3) is 8.49. The van der Waals surface area contributed by atoms with E-state index in [1.807, 2.05) is 12.3 Å². The SMILES string of the molecule is C1=CC2c3ccc(-c4ccccc4)c(Nc4cccc(C(=N/Cc5ccccc5)/N=C/c5cccc([Si](c6ccccc6)(c6ccccc6)c6ccccc6)c5)c4)c3C(c3ccccc3)(c3ccccc3)C2C=C1. The summed E-state index contributed by atoms with van der Waals surface area (Å²) in [4.78, 5) is 10.6. The molecular weight excluding hydrogens is 911 g/mol. The summed E-state index contributed by atoms with van der Waals surface area (Å²) in [5, 5.41) is 9.42. The van der Waals surface area contributed by atoms with E-state index in [0.717, 1.165) is 39.2 Å². The fourth-order valence-corrected chi connectivity index (χ4v) is 16.7. The molecule has 0 aromatic heterocycles. The van der Waals surface area contributed by atoms with Crippen LogP contribution >= 0.6 is 0 Å². The summed E-state index contributed by atoms with van der Waals surface area (Å²) < 4.78 is 0. The fraction of sp³-hybridized carbons (Fsp3) is 0.0571. The lowest BCUT2D eigenvalue weighted by Crippen LogP contribution is -2.74. The van der Waals surface area contributed by atoms with Crippen LogP contribution in [0.5, 0.6) is 0 Å². The highest BCUT2D eigenvalue weighted by molar-refractivity contribution is 7.19. The number of anilines is 2. The lowest BCUT2D eigenvalue weighted by atomic mass is 9.62. The molecule has 2 aliphatic carbocycles. The molecule has 0 spiro atoms. The number of nitrogens with zero attached hydrogens (tertiary/aromatic N) is 2. The van der Waals surface area contributed by atoms with Crippen LogP contribution in [0.4, 0.5) is 11.4 Å². The number of hydrogen-bond donors (Lipinski definition) is 1. The zero-order valence-corrected chi connectivity index (χ0v) is 42.1. The Kier molecular flexibility index (Phi) is 12.9. The predicted molar refractivity (Wildman–Crippen MR) is 313 cm³/mol. The molecule has 10 aromatic carbocycles. The molecule has 2 unspecified atom stereocenters. The van der Waals surface area contributed by atoms with Crippen LogP contribution in [0.25, 0.3) is 11.1 Å². The lowest BCUT2D eigenvalue weighted by molar-refractivity contribution is 0.457. The van der Waals surface area contributed by atoms with Crippen LogP contribution < -0.4 is 26.1 Å². The van der Waals surface area contributed by atoms with Gasteiger partial charge in [-0.3, -0.25) is 4.99 Å². The van der Waals surface area contributed by atoms with Gasteiger partial charge >= 0.3 is 0 Å². The maximum Gasteiger partial charge on any atom is 0.179 e. The highest BCUT2D eigenvalue weighted by Gasteiger charge is 2.54. The second-order valence-electron chi connectivity index (χ2n) is 19.2. The van der Waals surface area contributed by atoms with E-state index in [-0.39, 0.29) is 11.8 Å². The summed E-state index contributed by atoms with van der Waals surface area (Å²) >= 11 is 0. The third-order valence-corrected chi connectivity index (χ3v) is 19.9. The first kappa shape index (κ1) is 46.1. The van der Waals surface area contributed by atoms with Gasteiger partial charge in [0.15, 0.2) is 13.9 Å². The normalized spacial score (nSPS) is 15.6. The molecule has 4 heteroatoms. The van der Waals surface area contributed by atoms with Gasteiger partial charge in [0.2, 0.25) is 0 Å². The summed E-state index contributed by atoms with van der Waals surface area (Å²) in [7, 11) is -2.76. The monoisotopic (exact) mass is 965 g/mol. The molecule has 0 fully saturated rings. The van der Waals surface area contributed by atoms with Crippen molar-refractivity contribution in [1.29, 1.82) is 0 Å². The van der Waals surface area contributed by atoms with Gasteiger partial charge in [-0.15, -0.1) is 0 Å². The summed E-state index contributed by atoms with van der Waals surface area (Å²) in [6.45, 7) is 0.488. The molecule has 1 N–H and O–H groups in total. The van der Waals surface area contributed by atoms with Crippen LogP contribution in [0.15, 0.2) is 307 Å². The first-order valence-corrected chi connectivity index (χ1v) is 27.7. The smallest absolute Gasteiger partial charge is 0.179 e. The largest absolute Gasteiger partial charge is 0.355 e. The molecule has 0 heterocycles. The van der Waals surface area contributed by atoms with Gasteiger partial charge < -0.3 is 5.32 Å². The van der Waals surface area contributed by atoms with E-state index in [1.165, 1.54) is 43.0 Å². The predicted octanol–water partition coefficient (Wildman–Crippen LogP) is 13.7. The summed E-state index contributed by atoms with van der Waals surface area (Å²) in [6, 6.07) is 99.1. The van der Waals surface area contributed by atoms with Crippen LogP contribution in [0.3, 0.4) is 0 Å². The quantitative estimate of drug-likeness (QED) is 0.0532. The molecule has 0 bridgehead atoms. The van der Waals surface area contributed by atoms with E-state index >= 15 is 0 Å². The summed E-state index contributed by atoms with van der Waals surface area (Å²) in [5.41, 5.74) is 12.1.